The molecule has 1 aromatic rings. The fourth-order valence-corrected chi connectivity index (χ4v) is 3.54. The average Bonchev–Trinajstić information content (AvgIpc) is 2.94. The zero-order valence-electron chi connectivity index (χ0n) is 12.8. The van der Waals surface area contributed by atoms with Crippen molar-refractivity contribution in [1.82, 2.24) is 10.3 Å². The highest BCUT2D eigenvalue weighted by atomic mass is 19.1. The fourth-order valence-electron chi connectivity index (χ4n) is 3.54. The van der Waals surface area contributed by atoms with Crippen LogP contribution in [0.3, 0.4) is 0 Å². The maximum atomic E-state index is 14.2. The molecule has 0 radical (unpaired) electrons. The molecule has 0 aliphatic carbocycles. The van der Waals surface area contributed by atoms with E-state index < -0.39 is 5.67 Å². The predicted molar refractivity (Wildman–Crippen MR) is 84.6 cm³/mol. The van der Waals surface area contributed by atoms with Gasteiger partial charge in [0.05, 0.1) is 0 Å². The summed E-state index contributed by atoms with van der Waals surface area (Å²) in [5.74, 6) is 1.17. The van der Waals surface area contributed by atoms with Crippen molar-refractivity contribution < 1.29 is 4.39 Å². The minimum Gasteiger partial charge on any atom is -0.356 e. The van der Waals surface area contributed by atoms with Crippen molar-refractivity contribution >= 4 is 5.82 Å². The van der Waals surface area contributed by atoms with Gasteiger partial charge in [-0.25, -0.2) is 9.37 Å². The van der Waals surface area contributed by atoms with Crippen LogP contribution in [0.4, 0.5) is 10.2 Å². The highest BCUT2D eigenvalue weighted by molar-refractivity contribution is 5.48. The number of rotatable bonds is 6. The maximum Gasteiger partial charge on any atom is 0.131 e. The molecule has 3 heterocycles. The summed E-state index contributed by atoms with van der Waals surface area (Å²) < 4.78 is 14.2. The summed E-state index contributed by atoms with van der Waals surface area (Å²) in [5, 5.41) is 3.12. The van der Waals surface area contributed by atoms with Crippen molar-refractivity contribution in [3.05, 3.63) is 23.9 Å². The molecular formula is C17H26FN3. The second-order valence-corrected chi connectivity index (χ2v) is 6.47. The Morgan fingerprint density at radius 2 is 2.29 bits per heavy atom. The average molecular weight is 291 g/mol. The van der Waals surface area contributed by atoms with Gasteiger partial charge in [0.15, 0.2) is 0 Å². The van der Waals surface area contributed by atoms with Gasteiger partial charge in [-0.15, -0.1) is 0 Å². The van der Waals surface area contributed by atoms with Gasteiger partial charge in [-0.05, 0) is 50.3 Å². The third-order valence-corrected chi connectivity index (χ3v) is 4.79. The second kappa shape index (κ2) is 6.73. The van der Waals surface area contributed by atoms with Crippen LogP contribution < -0.4 is 10.2 Å². The van der Waals surface area contributed by atoms with Crippen LogP contribution >= 0.6 is 0 Å². The SMILES string of the molecule is FC1(CCCCCN2CCCc3cccnc32)CCNC1. The van der Waals surface area contributed by atoms with E-state index in [0.717, 1.165) is 51.7 Å². The molecule has 1 saturated heterocycles. The van der Waals surface area contributed by atoms with E-state index in [-0.39, 0.29) is 0 Å². The number of halogens is 1. The maximum absolute atomic E-state index is 14.2. The molecule has 1 aromatic heterocycles. The topological polar surface area (TPSA) is 28.2 Å². The van der Waals surface area contributed by atoms with Crippen molar-refractivity contribution in [2.24, 2.45) is 0 Å². The second-order valence-electron chi connectivity index (χ2n) is 6.47. The number of pyridine rings is 1. The van der Waals surface area contributed by atoms with E-state index in [1.165, 1.54) is 17.8 Å². The van der Waals surface area contributed by atoms with Crippen LogP contribution in [0.15, 0.2) is 18.3 Å². The van der Waals surface area contributed by atoms with Gasteiger partial charge >= 0.3 is 0 Å². The zero-order valence-corrected chi connectivity index (χ0v) is 12.8. The summed E-state index contributed by atoms with van der Waals surface area (Å²) in [6, 6.07) is 4.22. The molecule has 0 aromatic carbocycles. The van der Waals surface area contributed by atoms with Crippen molar-refractivity contribution in [3.8, 4) is 0 Å². The van der Waals surface area contributed by atoms with Gasteiger partial charge in [-0.3, -0.25) is 0 Å². The zero-order chi connectivity index (χ0) is 14.5. The lowest BCUT2D eigenvalue weighted by Crippen LogP contribution is -2.31. The molecular weight excluding hydrogens is 265 g/mol. The number of nitrogens with one attached hydrogen (secondary N) is 1. The van der Waals surface area contributed by atoms with Crippen LogP contribution in [0.2, 0.25) is 0 Å². The number of hydrogen-bond acceptors (Lipinski definition) is 3. The number of alkyl halides is 1. The minimum absolute atomic E-state index is 0.552. The van der Waals surface area contributed by atoms with E-state index in [1.807, 2.05) is 12.3 Å². The molecule has 21 heavy (non-hydrogen) atoms. The monoisotopic (exact) mass is 291 g/mol. The predicted octanol–water partition coefficient (Wildman–Crippen LogP) is 3.10. The lowest BCUT2D eigenvalue weighted by Gasteiger charge is -2.30. The van der Waals surface area contributed by atoms with E-state index >= 15 is 0 Å². The summed E-state index contributed by atoms with van der Waals surface area (Å²) >= 11 is 0. The number of aryl methyl sites for hydroxylation is 1. The minimum atomic E-state index is -0.931. The van der Waals surface area contributed by atoms with Crippen LogP contribution in [0, 0.1) is 0 Å². The van der Waals surface area contributed by atoms with Crippen LogP contribution in [-0.4, -0.2) is 36.8 Å². The van der Waals surface area contributed by atoms with Gasteiger partial charge in [0.25, 0.3) is 0 Å². The van der Waals surface area contributed by atoms with Crippen LogP contribution in [0.25, 0.3) is 0 Å². The summed E-state index contributed by atoms with van der Waals surface area (Å²) in [4.78, 5) is 6.94. The highest BCUT2D eigenvalue weighted by Crippen LogP contribution is 2.27. The standard InChI is InChI=1S/C17H26FN3/c18-17(9-11-19-14-17)8-2-1-3-12-21-13-5-7-15-6-4-10-20-16(15)21/h4,6,10,19H,1-3,5,7-9,11-14H2. The summed E-state index contributed by atoms with van der Waals surface area (Å²) in [7, 11) is 0. The van der Waals surface area contributed by atoms with E-state index in [4.69, 9.17) is 0 Å². The molecule has 2 aliphatic rings. The number of fused-ring (bicyclic) bond motifs is 1. The Balaban J connectivity index is 1.40. The molecule has 0 saturated carbocycles. The molecule has 1 N–H and O–H groups in total. The van der Waals surface area contributed by atoms with Crippen molar-refractivity contribution in [2.45, 2.75) is 50.6 Å². The molecule has 3 nitrogen and oxygen atoms in total. The first-order valence-electron chi connectivity index (χ1n) is 8.35. The Bertz CT molecular complexity index is 457. The largest absolute Gasteiger partial charge is 0.356 e. The number of nitrogens with zero attached hydrogens (tertiary/aromatic N) is 2. The number of unbranched alkanes of at least 4 members (excludes halogenated alkanes) is 2. The van der Waals surface area contributed by atoms with Crippen LogP contribution in [-0.2, 0) is 6.42 Å². The molecule has 2 aliphatic heterocycles. The van der Waals surface area contributed by atoms with Crippen molar-refractivity contribution in [3.63, 3.8) is 0 Å². The quantitative estimate of drug-likeness (QED) is 0.816. The summed E-state index contributed by atoms with van der Waals surface area (Å²) in [6.45, 7) is 3.56. The summed E-state index contributed by atoms with van der Waals surface area (Å²) in [6.07, 6.45) is 8.92. The van der Waals surface area contributed by atoms with Gasteiger partial charge in [0.2, 0.25) is 0 Å². The van der Waals surface area contributed by atoms with E-state index in [0.29, 0.717) is 13.0 Å². The van der Waals surface area contributed by atoms with Crippen LogP contribution in [0.5, 0.6) is 0 Å². The molecule has 0 bridgehead atoms. The van der Waals surface area contributed by atoms with Crippen molar-refractivity contribution in [1.29, 1.82) is 0 Å². The Morgan fingerprint density at radius 3 is 3.14 bits per heavy atom. The van der Waals surface area contributed by atoms with Gasteiger partial charge < -0.3 is 10.2 Å². The van der Waals surface area contributed by atoms with Gasteiger partial charge in [0, 0.05) is 25.8 Å². The lowest BCUT2D eigenvalue weighted by molar-refractivity contribution is 0.171. The molecule has 0 amide bonds. The first-order valence-corrected chi connectivity index (χ1v) is 8.35. The van der Waals surface area contributed by atoms with Gasteiger partial charge in [0.1, 0.15) is 11.5 Å². The number of anilines is 1. The third-order valence-electron chi connectivity index (χ3n) is 4.79. The molecule has 3 rings (SSSR count). The lowest BCUT2D eigenvalue weighted by atomic mass is 9.97. The van der Waals surface area contributed by atoms with Crippen LogP contribution in [0.1, 0.15) is 44.1 Å². The van der Waals surface area contributed by atoms with Gasteiger partial charge in [-0.1, -0.05) is 18.9 Å². The van der Waals surface area contributed by atoms with Crippen molar-refractivity contribution in [2.75, 3.05) is 31.1 Å². The van der Waals surface area contributed by atoms with E-state index in [1.54, 1.807) is 0 Å². The smallest absolute Gasteiger partial charge is 0.131 e. The Morgan fingerprint density at radius 1 is 1.33 bits per heavy atom. The molecule has 116 valence electrons. The Hall–Kier alpha value is -1.16. The first kappa shape index (κ1) is 14.8. The van der Waals surface area contributed by atoms with E-state index in [9.17, 15) is 4.39 Å². The third kappa shape index (κ3) is 3.73. The highest BCUT2D eigenvalue weighted by Gasteiger charge is 2.32. The number of hydrogen-bond donors (Lipinski definition) is 1. The number of aromatic nitrogens is 1. The molecule has 1 unspecified atom stereocenters. The normalized spacial score (nSPS) is 25.1. The summed E-state index contributed by atoms with van der Waals surface area (Å²) in [5.41, 5.74) is 0.447. The molecule has 1 fully saturated rings. The Kier molecular flexibility index (Phi) is 4.73. The van der Waals surface area contributed by atoms with Gasteiger partial charge in [-0.2, -0.15) is 0 Å². The molecule has 1 atom stereocenters. The molecule has 0 spiro atoms. The Labute approximate surface area is 126 Å². The fraction of sp³-hybridized carbons (Fsp3) is 0.706. The molecule has 4 heteroatoms. The van der Waals surface area contributed by atoms with E-state index in [2.05, 4.69) is 21.3 Å². The first-order chi connectivity index (χ1) is 10.3.